The van der Waals surface area contributed by atoms with Crippen molar-refractivity contribution in [3.05, 3.63) is 113 Å². The highest BCUT2D eigenvalue weighted by Crippen LogP contribution is 2.37. The Labute approximate surface area is 190 Å². The fourth-order valence-electron chi connectivity index (χ4n) is 3.76. The highest BCUT2D eigenvalue weighted by Gasteiger charge is 2.23. The van der Waals surface area contributed by atoms with Gasteiger partial charge in [-0.1, -0.05) is 112 Å². The predicted molar refractivity (Wildman–Crippen MR) is 138 cm³/mol. The van der Waals surface area contributed by atoms with Gasteiger partial charge in [-0.15, -0.1) is 6.42 Å². The van der Waals surface area contributed by atoms with Gasteiger partial charge >= 0.3 is 0 Å². The molecule has 31 heavy (non-hydrogen) atoms. The quantitative estimate of drug-likeness (QED) is 0.244. The molecule has 0 aromatic heterocycles. The molecular weight excluding hydrogens is 372 g/mol. The number of terminal acetylenes is 1. The van der Waals surface area contributed by atoms with Crippen LogP contribution in [0.4, 0.5) is 0 Å². The molecule has 2 aromatic rings. The van der Waals surface area contributed by atoms with Crippen LogP contribution < -0.4 is 0 Å². The van der Waals surface area contributed by atoms with Crippen LogP contribution in [0, 0.1) is 24.7 Å². The molecule has 1 unspecified atom stereocenters. The van der Waals surface area contributed by atoms with Crippen molar-refractivity contribution in [3.8, 4) is 12.3 Å². The summed E-state index contributed by atoms with van der Waals surface area (Å²) in [5, 5.41) is 0. The SMILES string of the molecule is C#C/C(C(=C)CC(C(=C)C)c1ccccc1)=C(/C=C(\C)c1ccc(C)cc1)C(C)(C)C. The highest BCUT2D eigenvalue weighted by atomic mass is 14.3. The summed E-state index contributed by atoms with van der Waals surface area (Å²) in [7, 11) is 0. The van der Waals surface area contributed by atoms with Crippen LogP contribution >= 0.6 is 0 Å². The first-order valence-electron chi connectivity index (χ1n) is 10.9. The standard InChI is InChI=1S/C31H36/c1-10-28(25(6)20-29(22(2)3)27-14-12-11-13-15-27)30(31(7,8)9)21-24(5)26-18-16-23(4)17-19-26/h1,11-19,21,29H,2,6,20H2,3-5,7-9H3/b24-21+,30-28+. The molecule has 0 aliphatic heterocycles. The molecule has 0 bridgehead atoms. The van der Waals surface area contributed by atoms with E-state index < -0.39 is 0 Å². The van der Waals surface area contributed by atoms with E-state index in [4.69, 9.17) is 6.42 Å². The first-order chi connectivity index (χ1) is 14.5. The van der Waals surface area contributed by atoms with E-state index in [2.05, 4.69) is 115 Å². The van der Waals surface area contributed by atoms with Gasteiger partial charge in [0.25, 0.3) is 0 Å². The lowest BCUT2D eigenvalue weighted by Gasteiger charge is -2.26. The highest BCUT2D eigenvalue weighted by molar-refractivity contribution is 5.69. The molecule has 0 radical (unpaired) electrons. The Kier molecular flexibility index (Phi) is 8.07. The predicted octanol–water partition coefficient (Wildman–Crippen LogP) is 8.68. The number of aryl methyl sites for hydroxylation is 1. The lowest BCUT2D eigenvalue weighted by molar-refractivity contribution is 0.514. The Morgan fingerprint density at radius 1 is 1.00 bits per heavy atom. The molecule has 0 saturated heterocycles. The number of benzene rings is 2. The Hall–Kier alpha value is -3.04. The zero-order valence-corrected chi connectivity index (χ0v) is 20.0. The molecule has 0 heteroatoms. The van der Waals surface area contributed by atoms with Gasteiger partial charge in [0.2, 0.25) is 0 Å². The molecule has 160 valence electrons. The maximum absolute atomic E-state index is 6.08. The topological polar surface area (TPSA) is 0 Å². The number of hydrogen-bond acceptors (Lipinski definition) is 0. The maximum Gasteiger partial charge on any atom is 0.0306 e. The Morgan fingerprint density at radius 2 is 1.58 bits per heavy atom. The summed E-state index contributed by atoms with van der Waals surface area (Å²) in [6, 6.07) is 19.1. The van der Waals surface area contributed by atoms with E-state index in [1.807, 2.05) is 6.07 Å². The zero-order chi connectivity index (χ0) is 23.2. The van der Waals surface area contributed by atoms with Gasteiger partial charge in [-0.2, -0.15) is 0 Å². The second-order valence-corrected chi connectivity index (χ2v) is 9.49. The van der Waals surface area contributed by atoms with Crippen LogP contribution in [-0.4, -0.2) is 0 Å². The van der Waals surface area contributed by atoms with Crippen molar-refractivity contribution in [1.82, 2.24) is 0 Å². The minimum Gasteiger partial charge on any atom is -0.115 e. The summed E-state index contributed by atoms with van der Waals surface area (Å²) < 4.78 is 0. The van der Waals surface area contributed by atoms with Gasteiger partial charge in [0, 0.05) is 11.5 Å². The van der Waals surface area contributed by atoms with Gasteiger partial charge < -0.3 is 0 Å². The van der Waals surface area contributed by atoms with Crippen LogP contribution in [0.25, 0.3) is 5.57 Å². The average Bonchev–Trinajstić information content (AvgIpc) is 2.72. The third kappa shape index (κ3) is 6.47. The molecule has 2 rings (SSSR count). The third-order valence-electron chi connectivity index (χ3n) is 5.69. The second kappa shape index (κ2) is 10.3. The van der Waals surface area contributed by atoms with Crippen molar-refractivity contribution in [2.24, 2.45) is 5.41 Å². The van der Waals surface area contributed by atoms with Crippen molar-refractivity contribution in [3.63, 3.8) is 0 Å². The second-order valence-electron chi connectivity index (χ2n) is 9.49. The van der Waals surface area contributed by atoms with E-state index in [0.717, 1.165) is 28.7 Å². The van der Waals surface area contributed by atoms with Crippen LogP contribution in [0.15, 0.2) is 96.1 Å². The molecule has 0 spiro atoms. The third-order valence-corrected chi connectivity index (χ3v) is 5.69. The summed E-state index contributed by atoms with van der Waals surface area (Å²) in [5.74, 6) is 3.17. The Balaban J connectivity index is 2.50. The fourth-order valence-corrected chi connectivity index (χ4v) is 3.76. The first-order valence-corrected chi connectivity index (χ1v) is 10.9. The van der Waals surface area contributed by atoms with Crippen LogP contribution in [0.2, 0.25) is 0 Å². The van der Waals surface area contributed by atoms with Crippen LogP contribution in [0.5, 0.6) is 0 Å². The van der Waals surface area contributed by atoms with E-state index in [-0.39, 0.29) is 11.3 Å². The molecule has 0 aliphatic rings. The van der Waals surface area contributed by atoms with Crippen LogP contribution in [-0.2, 0) is 0 Å². The molecule has 1 atom stereocenters. The number of hydrogen-bond donors (Lipinski definition) is 0. The minimum atomic E-state index is -0.109. The lowest BCUT2D eigenvalue weighted by Crippen LogP contribution is -2.12. The first kappa shape index (κ1) is 24.2. The van der Waals surface area contributed by atoms with Gasteiger partial charge in [-0.05, 0) is 60.5 Å². The van der Waals surface area contributed by atoms with E-state index in [1.165, 1.54) is 22.3 Å². The lowest BCUT2D eigenvalue weighted by atomic mass is 9.78. The molecule has 0 amide bonds. The Bertz CT molecular complexity index is 1030. The van der Waals surface area contributed by atoms with E-state index in [0.29, 0.717) is 0 Å². The van der Waals surface area contributed by atoms with Gasteiger partial charge in [-0.25, -0.2) is 0 Å². The molecule has 0 nitrogen and oxygen atoms in total. The number of allylic oxidation sites excluding steroid dienone is 6. The summed E-state index contributed by atoms with van der Waals surface area (Å²) in [6.45, 7) is 21.6. The summed E-state index contributed by atoms with van der Waals surface area (Å²) >= 11 is 0. The molecule has 0 heterocycles. The Morgan fingerprint density at radius 3 is 2.06 bits per heavy atom. The summed E-state index contributed by atoms with van der Waals surface area (Å²) in [5.41, 5.74) is 8.95. The normalized spacial score (nSPS) is 13.8. The molecular formula is C31H36. The molecule has 0 fully saturated rings. The molecule has 0 aliphatic carbocycles. The number of rotatable bonds is 7. The van der Waals surface area contributed by atoms with Gasteiger partial charge in [0.1, 0.15) is 0 Å². The fraction of sp³-hybridized carbons (Fsp3) is 0.290. The van der Waals surface area contributed by atoms with E-state index in [9.17, 15) is 0 Å². The van der Waals surface area contributed by atoms with E-state index in [1.54, 1.807) is 0 Å². The van der Waals surface area contributed by atoms with Crippen LogP contribution in [0.1, 0.15) is 63.6 Å². The monoisotopic (exact) mass is 408 g/mol. The molecule has 2 aromatic carbocycles. The van der Waals surface area contributed by atoms with E-state index >= 15 is 0 Å². The largest absolute Gasteiger partial charge is 0.115 e. The minimum absolute atomic E-state index is 0.109. The van der Waals surface area contributed by atoms with Crippen molar-refractivity contribution >= 4 is 5.57 Å². The van der Waals surface area contributed by atoms with Crippen molar-refractivity contribution in [1.29, 1.82) is 0 Å². The average molecular weight is 409 g/mol. The molecule has 0 saturated carbocycles. The summed E-state index contributed by atoms with van der Waals surface area (Å²) in [4.78, 5) is 0. The van der Waals surface area contributed by atoms with Crippen molar-refractivity contribution < 1.29 is 0 Å². The summed E-state index contributed by atoms with van der Waals surface area (Å²) in [6.07, 6.45) is 9.07. The van der Waals surface area contributed by atoms with Gasteiger partial charge in [0.05, 0.1) is 0 Å². The van der Waals surface area contributed by atoms with Gasteiger partial charge in [-0.3, -0.25) is 0 Å². The maximum atomic E-state index is 6.08. The molecule has 0 N–H and O–H groups in total. The smallest absolute Gasteiger partial charge is 0.0306 e. The van der Waals surface area contributed by atoms with Crippen LogP contribution in [0.3, 0.4) is 0 Å². The van der Waals surface area contributed by atoms with Crippen molar-refractivity contribution in [2.75, 3.05) is 0 Å². The zero-order valence-electron chi connectivity index (χ0n) is 20.0. The van der Waals surface area contributed by atoms with Gasteiger partial charge in [0.15, 0.2) is 0 Å². The van der Waals surface area contributed by atoms with Crippen molar-refractivity contribution in [2.45, 2.75) is 53.9 Å².